The number of ether oxygens (including phenoxy) is 2. The normalized spacial score (nSPS) is 11.8. The van der Waals surface area contributed by atoms with Gasteiger partial charge in [0, 0.05) is 17.3 Å². The van der Waals surface area contributed by atoms with Crippen molar-refractivity contribution in [3.8, 4) is 22.6 Å². The quantitative estimate of drug-likeness (QED) is 0.275. The number of para-hydroxylation sites is 1. The van der Waals surface area contributed by atoms with E-state index in [9.17, 15) is 4.79 Å². The van der Waals surface area contributed by atoms with Crippen molar-refractivity contribution < 1.29 is 14.3 Å². The number of carbonyl (C=O) groups excluding carboxylic acids is 1. The fourth-order valence-electron chi connectivity index (χ4n) is 2.76. The summed E-state index contributed by atoms with van der Waals surface area (Å²) in [6.45, 7) is 6.73. The molecule has 0 spiro atoms. The lowest BCUT2D eigenvalue weighted by molar-refractivity contribution is -0.138. The molecule has 1 atom stereocenters. The van der Waals surface area contributed by atoms with Gasteiger partial charge in [-0.2, -0.15) is 0 Å². The highest BCUT2D eigenvalue weighted by Gasteiger charge is 2.17. The van der Waals surface area contributed by atoms with Gasteiger partial charge in [-0.3, -0.25) is 9.78 Å². The Balaban J connectivity index is 2.13. The van der Waals surface area contributed by atoms with E-state index in [2.05, 4.69) is 11.9 Å². The molecule has 27 heavy (non-hydrogen) atoms. The maximum Gasteiger partial charge on any atom is 0.314 e. The largest absolute Gasteiger partial charge is 0.491 e. The average Bonchev–Trinajstić information content (AvgIpc) is 2.70. The molecule has 146 valence electrons. The molecule has 1 aromatic carbocycles. The van der Waals surface area contributed by atoms with Gasteiger partial charge in [0.05, 0.1) is 18.7 Å². The third-order valence-corrected chi connectivity index (χ3v) is 4.69. The van der Waals surface area contributed by atoms with Gasteiger partial charge in [0.2, 0.25) is 0 Å². The van der Waals surface area contributed by atoms with E-state index in [4.69, 9.17) is 9.47 Å². The van der Waals surface area contributed by atoms with Crippen LogP contribution in [-0.2, 0) is 4.79 Å². The number of hydrogen-bond acceptors (Lipinski definition) is 4. The standard InChI is InChI=1S/C23H31NO3/c1-4-6-7-8-11-16-26-22-17-24-15-14-20(22)19-12-9-10-13-21(19)27-23(25)18(3)5-2/h9-10,12-15,17-18H,4-8,11,16H2,1-3H3. The summed E-state index contributed by atoms with van der Waals surface area (Å²) in [5.41, 5.74) is 1.74. The Morgan fingerprint density at radius 1 is 1.00 bits per heavy atom. The second-order valence-corrected chi connectivity index (χ2v) is 6.86. The zero-order valence-corrected chi connectivity index (χ0v) is 16.7. The summed E-state index contributed by atoms with van der Waals surface area (Å²) in [5, 5.41) is 0. The first kappa shape index (κ1) is 20.9. The first-order valence-corrected chi connectivity index (χ1v) is 10.0. The Bertz CT molecular complexity index is 714. The monoisotopic (exact) mass is 369 g/mol. The van der Waals surface area contributed by atoms with Crippen LogP contribution in [-0.4, -0.2) is 17.6 Å². The van der Waals surface area contributed by atoms with E-state index in [-0.39, 0.29) is 11.9 Å². The lowest BCUT2D eigenvalue weighted by Crippen LogP contribution is -2.17. The van der Waals surface area contributed by atoms with Gasteiger partial charge in [0.15, 0.2) is 0 Å². The minimum absolute atomic E-state index is 0.130. The van der Waals surface area contributed by atoms with Gasteiger partial charge in [-0.25, -0.2) is 0 Å². The van der Waals surface area contributed by atoms with Gasteiger partial charge in [0.1, 0.15) is 11.5 Å². The highest BCUT2D eigenvalue weighted by atomic mass is 16.5. The molecule has 1 heterocycles. The molecular weight excluding hydrogens is 338 g/mol. The number of aromatic nitrogens is 1. The van der Waals surface area contributed by atoms with E-state index in [1.807, 2.05) is 44.2 Å². The van der Waals surface area contributed by atoms with E-state index < -0.39 is 0 Å². The fraction of sp³-hybridized carbons (Fsp3) is 0.478. The zero-order chi connectivity index (χ0) is 19.5. The number of rotatable bonds is 11. The smallest absolute Gasteiger partial charge is 0.314 e. The Morgan fingerprint density at radius 2 is 1.74 bits per heavy atom. The van der Waals surface area contributed by atoms with Crippen molar-refractivity contribution in [1.82, 2.24) is 4.98 Å². The molecule has 0 saturated carbocycles. The predicted molar refractivity (Wildman–Crippen MR) is 109 cm³/mol. The van der Waals surface area contributed by atoms with Crippen LogP contribution in [0.2, 0.25) is 0 Å². The van der Waals surface area contributed by atoms with Crippen molar-refractivity contribution in [3.05, 3.63) is 42.7 Å². The van der Waals surface area contributed by atoms with Crippen molar-refractivity contribution in [3.63, 3.8) is 0 Å². The summed E-state index contributed by atoms with van der Waals surface area (Å²) in [5.74, 6) is 0.938. The van der Waals surface area contributed by atoms with Crippen molar-refractivity contribution in [2.45, 2.75) is 59.3 Å². The maximum atomic E-state index is 12.2. The van der Waals surface area contributed by atoms with Crippen LogP contribution in [0.15, 0.2) is 42.7 Å². The molecule has 4 heteroatoms. The molecule has 2 rings (SSSR count). The molecule has 1 unspecified atom stereocenters. The average molecular weight is 370 g/mol. The Morgan fingerprint density at radius 3 is 2.52 bits per heavy atom. The summed E-state index contributed by atoms with van der Waals surface area (Å²) in [6, 6.07) is 9.48. The second kappa shape index (κ2) is 11.4. The third kappa shape index (κ3) is 6.38. The van der Waals surface area contributed by atoms with E-state index in [1.165, 1.54) is 25.7 Å². The topological polar surface area (TPSA) is 48.4 Å². The van der Waals surface area contributed by atoms with Crippen LogP contribution in [0.25, 0.3) is 11.1 Å². The van der Waals surface area contributed by atoms with Crippen LogP contribution in [0.1, 0.15) is 59.3 Å². The van der Waals surface area contributed by atoms with E-state index in [1.54, 1.807) is 12.4 Å². The van der Waals surface area contributed by atoms with Crippen molar-refractivity contribution in [2.75, 3.05) is 6.61 Å². The highest BCUT2D eigenvalue weighted by molar-refractivity contribution is 5.81. The fourth-order valence-corrected chi connectivity index (χ4v) is 2.76. The van der Waals surface area contributed by atoms with Crippen LogP contribution >= 0.6 is 0 Å². The van der Waals surface area contributed by atoms with Crippen molar-refractivity contribution in [1.29, 1.82) is 0 Å². The Hall–Kier alpha value is -2.36. The molecule has 1 aromatic heterocycles. The van der Waals surface area contributed by atoms with Crippen LogP contribution in [0.3, 0.4) is 0 Å². The van der Waals surface area contributed by atoms with Gasteiger partial charge < -0.3 is 9.47 Å². The molecule has 0 amide bonds. The van der Waals surface area contributed by atoms with Gasteiger partial charge >= 0.3 is 5.97 Å². The number of esters is 1. The van der Waals surface area contributed by atoms with Gasteiger partial charge in [-0.15, -0.1) is 0 Å². The molecule has 0 aliphatic carbocycles. The first-order chi connectivity index (χ1) is 13.2. The van der Waals surface area contributed by atoms with E-state index in [0.29, 0.717) is 12.4 Å². The lowest BCUT2D eigenvalue weighted by atomic mass is 10.0. The zero-order valence-electron chi connectivity index (χ0n) is 16.7. The van der Waals surface area contributed by atoms with Crippen LogP contribution in [0.5, 0.6) is 11.5 Å². The minimum atomic E-state index is -0.211. The summed E-state index contributed by atoms with van der Waals surface area (Å²) in [7, 11) is 0. The van der Waals surface area contributed by atoms with Gasteiger partial charge in [-0.1, -0.05) is 64.7 Å². The lowest BCUT2D eigenvalue weighted by Gasteiger charge is -2.15. The van der Waals surface area contributed by atoms with Crippen molar-refractivity contribution >= 4 is 5.97 Å². The van der Waals surface area contributed by atoms with Crippen LogP contribution in [0, 0.1) is 5.92 Å². The first-order valence-electron chi connectivity index (χ1n) is 10.0. The molecule has 0 bridgehead atoms. The molecule has 0 N–H and O–H groups in total. The number of carbonyl (C=O) groups is 1. The number of nitrogens with zero attached hydrogens (tertiary/aromatic N) is 1. The summed E-state index contributed by atoms with van der Waals surface area (Å²) >= 11 is 0. The van der Waals surface area contributed by atoms with E-state index >= 15 is 0 Å². The summed E-state index contributed by atoms with van der Waals surface area (Å²) in [6.07, 6.45) is 10.2. The van der Waals surface area contributed by atoms with Gasteiger partial charge in [-0.05, 0) is 25.0 Å². The maximum absolute atomic E-state index is 12.2. The number of benzene rings is 1. The second-order valence-electron chi connectivity index (χ2n) is 6.86. The molecule has 0 aliphatic heterocycles. The Labute approximate surface area is 162 Å². The SMILES string of the molecule is CCCCCCCOc1cnccc1-c1ccccc1OC(=O)C(C)CC. The molecular formula is C23H31NO3. The molecule has 0 radical (unpaired) electrons. The van der Waals surface area contributed by atoms with Crippen LogP contribution < -0.4 is 9.47 Å². The summed E-state index contributed by atoms with van der Waals surface area (Å²) in [4.78, 5) is 16.4. The number of hydrogen-bond donors (Lipinski definition) is 0. The van der Waals surface area contributed by atoms with E-state index in [0.717, 1.165) is 29.7 Å². The summed E-state index contributed by atoms with van der Waals surface area (Å²) < 4.78 is 11.7. The van der Waals surface area contributed by atoms with Crippen molar-refractivity contribution in [2.24, 2.45) is 5.92 Å². The molecule has 0 fully saturated rings. The number of pyridine rings is 1. The predicted octanol–water partition coefficient (Wildman–Crippen LogP) is 6.05. The highest BCUT2D eigenvalue weighted by Crippen LogP contribution is 2.36. The molecule has 0 aliphatic rings. The molecule has 4 nitrogen and oxygen atoms in total. The van der Waals surface area contributed by atoms with Crippen LogP contribution in [0.4, 0.5) is 0 Å². The minimum Gasteiger partial charge on any atom is -0.491 e. The Kier molecular flexibility index (Phi) is 8.82. The number of unbranched alkanes of at least 4 members (excludes halogenated alkanes) is 4. The molecule has 2 aromatic rings. The molecule has 0 saturated heterocycles. The van der Waals surface area contributed by atoms with Gasteiger partial charge in [0.25, 0.3) is 0 Å². The third-order valence-electron chi connectivity index (χ3n) is 4.69.